The highest BCUT2D eigenvalue weighted by molar-refractivity contribution is 6.33. The summed E-state index contributed by atoms with van der Waals surface area (Å²) < 4.78 is 0. The van der Waals surface area contributed by atoms with E-state index in [0.29, 0.717) is 47.1 Å². The molecule has 1 heterocycles. The average molecular weight is 417 g/mol. The van der Waals surface area contributed by atoms with Crippen molar-refractivity contribution in [2.45, 2.75) is 20.3 Å². The van der Waals surface area contributed by atoms with Gasteiger partial charge in [-0.25, -0.2) is 9.97 Å². The first kappa shape index (κ1) is 20.4. The average Bonchev–Trinajstić information content (AvgIpc) is 2.64. The van der Waals surface area contributed by atoms with Gasteiger partial charge in [-0.3, -0.25) is 4.79 Å². The maximum Gasteiger partial charge on any atom is 0.220 e. The Morgan fingerprint density at radius 2 is 1.86 bits per heavy atom. The highest BCUT2D eigenvalue weighted by atomic mass is 35.5. The zero-order valence-electron chi connectivity index (χ0n) is 15.8. The van der Waals surface area contributed by atoms with E-state index in [2.05, 4.69) is 20.6 Å². The molecule has 0 aliphatic rings. The summed E-state index contributed by atoms with van der Waals surface area (Å²) >= 11 is 12.5. The molecular weight excluding hydrogens is 395 g/mol. The van der Waals surface area contributed by atoms with Gasteiger partial charge < -0.3 is 10.6 Å². The number of nitrogens with zero attached hydrogens (tertiary/aromatic N) is 2. The van der Waals surface area contributed by atoms with Crippen LogP contribution in [0.3, 0.4) is 0 Å². The van der Waals surface area contributed by atoms with E-state index in [9.17, 15) is 4.79 Å². The number of benzene rings is 2. The van der Waals surface area contributed by atoms with Crippen molar-refractivity contribution in [3.63, 3.8) is 0 Å². The lowest BCUT2D eigenvalue weighted by atomic mass is 10.1. The Morgan fingerprint density at radius 1 is 1.07 bits per heavy atom. The molecule has 1 aromatic heterocycles. The standard InChI is InChI=1S/C21H22Cl2N4O/c1-13(2)11-19(28)24-9-10-25-20-16-8-7-14(22)12-18(16)26-21(27-20)15-5-3-4-6-17(15)23/h3-8,12-13H,9-11H2,1-2H3,(H,24,28)(H,25,26,27). The minimum atomic E-state index is 0.0490. The van der Waals surface area contributed by atoms with Gasteiger partial charge in [0.25, 0.3) is 0 Å². The van der Waals surface area contributed by atoms with Crippen LogP contribution >= 0.6 is 23.2 Å². The lowest BCUT2D eigenvalue weighted by Crippen LogP contribution is -2.29. The number of amides is 1. The monoisotopic (exact) mass is 416 g/mol. The minimum Gasteiger partial charge on any atom is -0.368 e. The summed E-state index contributed by atoms with van der Waals surface area (Å²) in [5.74, 6) is 1.58. The third-order valence-corrected chi connectivity index (χ3v) is 4.67. The van der Waals surface area contributed by atoms with Crippen molar-refractivity contribution < 1.29 is 4.79 Å². The molecule has 0 radical (unpaired) electrons. The maximum absolute atomic E-state index is 11.8. The Kier molecular flexibility index (Phi) is 6.70. The maximum atomic E-state index is 11.8. The second kappa shape index (κ2) is 9.22. The van der Waals surface area contributed by atoms with E-state index in [1.807, 2.05) is 38.1 Å². The second-order valence-electron chi connectivity index (χ2n) is 6.91. The zero-order valence-corrected chi connectivity index (χ0v) is 17.3. The van der Waals surface area contributed by atoms with Gasteiger partial charge >= 0.3 is 0 Å². The molecule has 0 aliphatic heterocycles. The summed E-state index contributed by atoms with van der Waals surface area (Å²) in [7, 11) is 0. The molecule has 1 amide bonds. The van der Waals surface area contributed by atoms with Crippen LogP contribution in [0, 0.1) is 5.92 Å². The SMILES string of the molecule is CC(C)CC(=O)NCCNc1nc(-c2ccccc2Cl)nc2cc(Cl)ccc12. The van der Waals surface area contributed by atoms with Crippen molar-refractivity contribution in [1.82, 2.24) is 15.3 Å². The van der Waals surface area contributed by atoms with Crippen LogP contribution in [0.4, 0.5) is 5.82 Å². The molecule has 3 aromatic rings. The first-order valence-electron chi connectivity index (χ1n) is 9.17. The Morgan fingerprint density at radius 3 is 2.61 bits per heavy atom. The van der Waals surface area contributed by atoms with Crippen LogP contribution in [0.5, 0.6) is 0 Å². The molecule has 0 unspecified atom stereocenters. The van der Waals surface area contributed by atoms with Crippen molar-refractivity contribution >= 4 is 45.8 Å². The molecule has 0 aliphatic carbocycles. The first-order valence-corrected chi connectivity index (χ1v) is 9.92. The van der Waals surface area contributed by atoms with Crippen molar-refractivity contribution in [1.29, 1.82) is 0 Å². The number of hydrogen-bond donors (Lipinski definition) is 2. The molecule has 0 saturated carbocycles. The minimum absolute atomic E-state index is 0.0490. The third kappa shape index (κ3) is 5.12. The lowest BCUT2D eigenvalue weighted by molar-refractivity contribution is -0.121. The van der Waals surface area contributed by atoms with Gasteiger partial charge in [0.2, 0.25) is 5.91 Å². The van der Waals surface area contributed by atoms with Gasteiger partial charge in [0, 0.05) is 35.5 Å². The van der Waals surface area contributed by atoms with Crippen LogP contribution in [-0.4, -0.2) is 29.0 Å². The summed E-state index contributed by atoms with van der Waals surface area (Å²) in [4.78, 5) is 21.1. The summed E-state index contributed by atoms with van der Waals surface area (Å²) in [6.07, 6.45) is 0.519. The van der Waals surface area contributed by atoms with Crippen LogP contribution < -0.4 is 10.6 Å². The van der Waals surface area contributed by atoms with Crippen LogP contribution in [-0.2, 0) is 4.79 Å². The molecule has 0 atom stereocenters. The Balaban J connectivity index is 1.84. The van der Waals surface area contributed by atoms with E-state index in [1.165, 1.54) is 0 Å². The second-order valence-corrected chi connectivity index (χ2v) is 7.76. The van der Waals surface area contributed by atoms with E-state index in [1.54, 1.807) is 18.2 Å². The molecule has 0 bridgehead atoms. The number of halogens is 2. The van der Waals surface area contributed by atoms with Crippen LogP contribution in [0.25, 0.3) is 22.3 Å². The van der Waals surface area contributed by atoms with E-state index >= 15 is 0 Å². The van der Waals surface area contributed by atoms with Crippen molar-refractivity contribution in [3.8, 4) is 11.4 Å². The number of fused-ring (bicyclic) bond motifs is 1. The fraction of sp³-hybridized carbons (Fsp3) is 0.286. The smallest absolute Gasteiger partial charge is 0.220 e. The molecule has 3 rings (SSSR count). The Bertz CT molecular complexity index is 991. The van der Waals surface area contributed by atoms with Gasteiger partial charge in [-0.15, -0.1) is 0 Å². The predicted octanol–water partition coefficient (Wildman–Crippen LogP) is 5.18. The molecule has 2 N–H and O–H groups in total. The quantitative estimate of drug-likeness (QED) is 0.520. The predicted molar refractivity (Wildman–Crippen MR) is 116 cm³/mol. The number of carbonyl (C=O) groups is 1. The molecule has 0 saturated heterocycles. The molecule has 5 nitrogen and oxygen atoms in total. The van der Waals surface area contributed by atoms with E-state index in [0.717, 1.165) is 16.5 Å². The lowest BCUT2D eigenvalue weighted by Gasteiger charge is -2.13. The fourth-order valence-electron chi connectivity index (χ4n) is 2.83. The fourth-order valence-corrected chi connectivity index (χ4v) is 3.21. The van der Waals surface area contributed by atoms with Gasteiger partial charge in [0.05, 0.1) is 10.5 Å². The number of rotatable bonds is 7. The Labute approximate surface area is 174 Å². The van der Waals surface area contributed by atoms with E-state index in [4.69, 9.17) is 23.2 Å². The number of nitrogens with one attached hydrogen (secondary N) is 2. The number of carbonyl (C=O) groups excluding carboxylic acids is 1. The summed E-state index contributed by atoms with van der Waals surface area (Å²) in [6.45, 7) is 5.09. The summed E-state index contributed by atoms with van der Waals surface area (Å²) in [5.41, 5.74) is 1.48. The molecule has 7 heteroatoms. The molecule has 0 fully saturated rings. The molecular formula is C21H22Cl2N4O. The van der Waals surface area contributed by atoms with Gasteiger partial charge in [0.15, 0.2) is 5.82 Å². The number of hydrogen-bond acceptors (Lipinski definition) is 4. The van der Waals surface area contributed by atoms with Crippen LogP contribution in [0.15, 0.2) is 42.5 Å². The van der Waals surface area contributed by atoms with Gasteiger partial charge in [-0.1, -0.05) is 49.2 Å². The van der Waals surface area contributed by atoms with Crippen molar-refractivity contribution in [3.05, 3.63) is 52.5 Å². The van der Waals surface area contributed by atoms with Gasteiger partial charge in [-0.2, -0.15) is 0 Å². The highest BCUT2D eigenvalue weighted by Crippen LogP contribution is 2.30. The topological polar surface area (TPSA) is 66.9 Å². The van der Waals surface area contributed by atoms with Gasteiger partial charge in [0.1, 0.15) is 5.82 Å². The number of aromatic nitrogens is 2. The molecule has 146 valence electrons. The summed E-state index contributed by atoms with van der Waals surface area (Å²) in [5, 5.41) is 8.24. The zero-order chi connectivity index (χ0) is 20.1. The number of anilines is 1. The van der Waals surface area contributed by atoms with Crippen molar-refractivity contribution in [2.75, 3.05) is 18.4 Å². The van der Waals surface area contributed by atoms with E-state index < -0.39 is 0 Å². The molecule has 0 spiro atoms. The highest BCUT2D eigenvalue weighted by Gasteiger charge is 2.12. The third-order valence-electron chi connectivity index (χ3n) is 4.11. The van der Waals surface area contributed by atoms with E-state index in [-0.39, 0.29) is 5.91 Å². The van der Waals surface area contributed by atoms with Crippen LogP contribution in [0.1, 0.15) is 20.3 Å². The van der Waals surface area contributed by atoms with Gasteiger partial charge in [-0.05, 0) is 36.2 Å². The molecule has 28 heavy (non-hydrogen) atoms. The van der Waals surface area contributed by atoms with Crippen LogP contribution in [0.2, 0.25) is 10.0 Å². The first-order chi connectivity index (χ1) is 13.4. The van der Waals surface area contributed by atoms with Crippen molar-refractivity contribution in [2.24, 2.45) is 5.92 Å². The summed E-state index contributed by atoms with van der Waals surface area (Å²) in [6, 6.07) is 12.9. The largest absolute Gasteiger partial charge is 0.368 e. The Hall–Kier alpha value is -2.37. The normalized spacial score (nSPS) is 11.0. The molecule has 2 aromatic carbocycles.